The van der Waals surface area contributed by atoms with Crippen molar-refractivity contribution in [2.45, 2.75) is 97.4 Å². The minimum Gasteiger partial charge on any atom is -0.345 e. The monoisotopic (exact) mass is 344 g/mol. The summed E-state index contributed by atoms with van der Waals surface area (Å²) in [4.78, 5) is 12.8. The van der Waals surface area contributed by atoms with Crippen molar-refractivity contribution in [1.29, 1.82) is 0 Å². The largest absolute Gasteiger partial charge is 0.345 e. The lowest BCUT2D eigenvalue weighted by molar-refractivity contribution is 0.364. The predicted molar refractivity (Wildman–Crippen MR) is 105 cm³/mol. The van der Waals surface area contributed by atoms with E-state index in [9.17, 15) is 0 Å². The molecule has 25 heavy (non-hydrogen) atoms. The van der Waals surface area contributed by atoms with Crippen LogP contribution in [-0.2, 0) is 16.2 Å². The third-order valence-corrected chi connectivity index (χ3v) is 5.28. The van der Waals surface area contributed by atoms with Crippen molar-refractivity contribution in [3.05, 3.63) is 35.9 Å². The van der Waals surface area contributed by atoms with E-state index in [1.807, 2.05) is 12.5 Å². The zero-order valence-electron chi connectivity index (χ0n) is 17.6. The van der Waals surface area contributed by atoms with Gasteiger partial charge in [-0.25, -0.2) is 9.97 Å². The number of hydrogen-bond acceptors (Lipinski definition) is 2. The van der Waals surface area contributed by atoms with Gasteiger partial charge in [0.25, 0.3) is 0 Å². The molecule has 4 heteroatoms. The first-order valence-electron chi connectivity index (χ1n) is 9.43. The number of rotatable bonds is 6. The van der Waals surface area contributed by atoms with Crippen LogP contribution < -0.4 is 0 Å². The van der Waals surface area contributed by atoms with Crippen LogP contribution in [0, 0.1) is 0 Å². The summed E-state index contributed by atoms with van der Waals surface area (Å²) in [7, 11) is 0. The molecule has 0 aliphatic heterocycles. The lowest BCUT2D eigenvalue weighted by Gasteiger charge is -2.29. The highest BCUT2D eigenvalue weighted by Gasteiger charge is 2.30. The maximum absolute atomic E-state index is 4.66. The summed E-state index contributed by atoms with van der Waals surface area (Å²) >= 11 is 0. The highest BCUT2D eigenvalue weighted by molar-refractivity contribution is 5.18. The molecule has 140 valence electrons. The Morgan fingerprint density at radius 3 is 2.04 bits per heavy atom. The molecule has 0 radical (unpaired) electrons. The van der Waals surface area contributed by atoms with E-state index >= 15 is 0 Å². The molecule has 0 saturated carbocycles. The van der Waals surface area contributed by atoms with Crippen molar-refractivity contribution >= 4 is 0 Å². The summed E-state index contributed by atoms with van der Waals surface area (Å²) < 4.78 is 2.19. The molecule has 2 rings (SSSR count). The first-order chi connectivity index (χ1) is 11.3. The van der Waals surface area contributed by atoms with Gasteiger partial charge in [0.1, 0.15) is 5.82 Å². The van der Waals surface area contributed by atoms with E-state index in [4.69, 9.17) is 0 Å². The average Bonchev–Trinajstić information content (AvgIpc) is 3.14. The molecule has 0 aliphatic rings. The number of nitrogens with zero attached hydrogens (tertiary/aromatic N) is 3. The molecule has 0 saturated heterocycles. The normalized spacial score (nSPS) is 13.7. The van der Waals surface area contributed by atoms with Crippen molar-refractivity contribution in [1.82, 2.24) is 19.5 Å². The SMILES string of the molecule is CC(C)n1cnc(C(C)(C)CCC(C)(C)c2cnc(C(C)(C)C)[nH]2)c1. The van der Waals surface area contributed by atoms with Gasteiger partial charge in [-0.1, -0.05) is 48.5 Å². The maximum Gasteiger partial charge on any atom is 0.111 e. The van der Waals surface area contributed by atoms with Gasteiger partial charge in [0.15, 0.2) is 0 Å². The van der Waals surface area contributed by atoms with Crippen LogP contribution in [0.2, 0.25) is 0 Å². The van der Waals surface area contributed by atoms with E-state index in [0.717, 1.165) is 18.7 Å². The molecule has 0 amide bonds. The molecule has 2 aromatic heterocycles. The van der Waals surface area contributed by atoms with Crippen molar-refractivity contribution in [2.24, 2.45) is 0 Å². The molecule has 4 nitrogen and oxygen atoms in total. The average molecular weight is 345 g/mol. The number of imidazole rings is 2. The zero-order chi connectivity index (χ0) is 19.0. The fourth-order valence-electron chi connectivity index (χ4n) is 2.90. The van der Waals surface area contributed by atoms with Gasteiger partial charge in [0, 0.05) is 40.4 Å². The molecule has 0 aliphatic carbocycles. The standard InChI is InChI=1S/C21H36N4/c1-15(2)25-13-17(23-14-25)21(8,9)11-10-20(6,7)16-12-22-18(24-16)19(3,4)5/h12-15H,10-11H2,1-9H3,(H,22,24). The van der Waals surface area contributed by atoms with Crippen LogP contribution in [-0.4, -0.2) is 19.5 Å². The summed E-state index contributed by atoms with van der Waals surface area (Å²) in [6.07, 6.45) is 8.34. The summed E-state index contributed by atoms with van der Waals surface area (Å²) in [6, 6.07) is 0.453. The van der Waals surface area contributed by atoms with Gasteiger partial charge < -0.3 is 9.55 Å². The van der Waals surface area contributed by atoms with Gasteiger partial charge >= 0.3 is 0 Å². The molecule has 0 atom stereocenters. The van der Waals surface area contributed by atoms with Crippen molar-refractivity contribution < 1.29 is 0 Å². The van der Waals surface area contributed by atoms with Crippen LogP contribution in [0.5, 0.6) is 0 Å². The van der Waals surface area contributed by atoms with E-state index in [2.05, 4.69) is 88.0 Å². The highest BCUT2D eigenvalue weighted by Crippen LogP contribution is 2.35. The van der Waals surface area contributed by atoms with Gasteiger partial charge in [0.2, 0.25) is 0 Å². The smallest absolute Gasteiger partial charge is 0.111 e. The van der Waals surface area contributed by atoms with E-state index in [0.29, 0.717) is 6.04 Å². The fraction of sp³-hybridized carbons (Fsp3) is 0.714. The summed E-state index contributed by atoms with van der Waals surface area (Å²) in [5.41, 5.74) is 2.58. The number of hydrogen-bond donors (Lipinski definition) is 1. The number of nitrogens with one attached hydrogen (secondary N) is 1. The summed E-state index contributed by atoms with van der Waals surface area (Å²) in [5.74, 6) is 1.06. The fourth-order valence-corrected chi connectivity index (χ4v) is 2.90. The second-order valence-corrected chi connectivity index (χ2v) is 9.96. The van der Waals surface area contributed by atoms with Crippen LogP contribution in [0.25, 0.3) is 0 Å². The Bertz CT molecular complexity index is 696. The molecule has 2 heterocycles. The zero-order valence-corrected chi connectivity index (χ0v) is 17.6. The Morgan fingerprint density at radius 1 is 0.960 bits per heavy atom. The topological polar surface area (TPSA) is 46.5 Å². The van der Waals surface area contributed by atoms with E-state index in [1.54, 1.807) is 0 Å². The summed E-state index contributed by atoms with van der Waals surface area (Å²) in [5, 5.41) is 0. The first kappa shape index (κ1) is 19.7. The molecule has 1 N–H and O–H groups in total. The molecule has 0 bridgehead atoms. The van der Waals surface area contributed by atoms with Crippen LogP contribution in [0.4, 0.5) is 0 Å². The number of H-pyrrole nitrogens is 1. The first-order valence-corrected chi connectivity index (χ1v) is 9.43. The second kappa shape index (κ2) is 6.62. The van der Waals surface area contributed by atoms with E-state index in [-0.39, 0.29) is 16.2 Å². The maximum atomic E-state index is 4.66. The number of aromatic amines is 1. The summed E-state index contributed by atoms with van der Waals surface area (Å²) in [6.45, 7) is 20.1. The van der Waals surface area contributed by atoms with Crippen LogP contribution >= 0.6 is 0 Å². The third kappa shape index (κ3) is 4.53. The lowest BCUT2D eigenvalue weighted by atomic mass is 9.76. The molecular weight excluding hydrogens is 308 g/mol. The van der Waals surface area contributed by atoms with Crippen LogP contribution in [0.1, 0.15) is 98.4 Å². The molecule has 0 unspecified atom stereocenters. The van der Waals surface area contributed by atoms with E-state index in [1.165, 1.54) is 11.4 Å². The minimum atomic E-state index is 0.0529. The van der Waals surface area contributed by atoms with Gasteiger partial charge in [-0.2, -0.15) is 0 Å². The van der Waals surface area contributed by atoms with Crippen molar-refractivity contribution in [3.63, 3.8) is 0 Å². The minimum absolute atomic E-state index is 0.0529. The van der Waals surface area contributed by atoms with Gasteiger partial charge in [-0.05, 0) is 26.7 Å². The molecular formula is C21H36N4. The lowest BCUT2D eigenvalue weighted by Crippen LogP contribution is -2.25. The molecule has 2 aromatic rings. The van der Waals surface area contributed by atoms with Gasteiger partial charge in [0.05, 0.1) is 12.0 Å². The van der Waals surface area contributed by atoms with Crippen LogP contribution in [0.3, 0.4) is 0 Å². The Morgan fingerprint density at radius 2 is 1.56 bits per heavy atom. The Hall–Kier alpha value is -1.58. The Labute approximate surface area is 153 Å². The molecule has 0 spiro atoms. The molecule has 0 aromatic carbocycles. The quantitative estimate of drug-likeness (QED) is 0.750. The van der Waals surface area contributed by atoms with Crippen molar-refractivity contribution in [2.75, 3.05) is 0 Å². The van der Waals surface area contributed by atoms with Crippen molar-refractivity contribution in [3.8, 4) is 0 Å². The molecule has 0 fully saturated rings. The Kier molecular flexibility index (Phi) is 5.23. The highest BCUT2D eigenvalue weighted by atomic mass is 15.1. The van der Waals surface area contributed by atoms with E-state index < -0.39 is 0 Å². The van der Waals surface area contributed by atoms with Gasteiger partial charge in [-0.15, -0.1) is 0 Å². The van der Waals surface area contributed by atoms with Crippen LogP contribution in [0.15, 0.2) is 18.7 Å². The second-order valence-electron chi connectivity index (χ2n) is 9.96. The van der Waals surface area contributed by atoms with Gasteiger partial charge in [-0.3, -0.25) is 0 Å². The third-order valence-electron chi connectivity index (χ3n) is 5.28. The Balaban J connectivity index is 2.10. The number of aromatic nitrogens is 4. The predicted octanol–water partition coefficient (Wildman–Crippen LogP) is 5.52.